The van der Waals surface area contributed by atoms with E-state index in [9.17, 15) is 9.59 Å². The Morgan fingerprint density at radius 3 is 2.47 bits per heavy atom. The van der Waals surface area contributed by atoms with Gasteiger partial charge in [0, 0.05) is 74.2 Å². The first-order valence-corrected chi connectivity index (χ1v) is 19.2. The Labute approximate surface area is 304 Å². The van der Waals surface area contributed by atoms with Crippen LogP contribution in [0.4, 0.5) is 11.6 Å². The largest absolute Gasteiger partial charge is 0.372 e. The van der Waals surface area contributed by atoms with E-state index in [4.69, 9.17) is 16.6 Å². The summed E-state index contributed by atoms with van der Waals surface area (Å²) in [4.78, 5) is 48.5. The van der Waals surface area contributed by atoms with Crippen LogP contribution in [-0.2, 0) is 9.59 Å². The van der Waals surface area contributed by atoms with Crippen molar-refractivity contribution in [1.82, 2.24) is 35.1 Å². The molecule has 11 nitrogen and oxygen atoms in total. The smallest absolute Gasteiger partial charge is 0.234 e. The summed E-state index contributed by atoms with van der Waals surface area (Å²) in [5.74, 6) is 1.64. The highest BCUT2D eigenvalue weighted by Gasteiger charge is 2.30. The molecule has 4 aliphatic rings. The first-order chi connectivity index (χ1) is 24.9. The number of nitrogens with one attached hydrogen (secondary N) is 3. The lowest BCUT2D eigenvalue weighted by Crippen LogP contribution is -2.42. The second-order valence-electron chi connectivity index (χ2n) is 15.0. The number of hydrogen-bond acceptors (Lipinski definition) is 9. The van der Waals surface area contributed by atoms with Gasteiger partial charge < -0.3 is 25.0 Å². The number of halogens is 1. The predicted molar refractivity (Wildman–Crippen MR) is 201 cm³/mol. The van der Waals surface area contributed by atoms with Gasteiger partial charge in [0.25, 0.3) is 0 Å². The third kappa shape index (κ3) is 7.90. The average Bonchev–Trinajstić information content (AvgIpc) is 3.80. The second kappa shape index (κ2) is 15.3. The molecule has 0 saturated carbocycles. The van der Waals surface area contributed by atoms with Gasteiger partial charge in [-0.15, -0.1) is 0 Å². The molecule has 268 valence electrons. The molecule has 1 unspecified atom stereocenters. The van der Waals surface area contributed by atoms with Gasteiger partial charge in [-0.25, -0.2) is 15.0 Å². The molecule has 0 aliphatic carbocycles. The topological polar surface area (TPSA) is 122 Å². The number of rotatable bonds is 10. The molecule has 4 fully saturated rings. The van der Waals surface area contributed by atoms with E-state index in [0.717, 1.165) is 78.8 Å². The summed E-state index contributed by atoms with van der Waals surface area (Å²) < 4.78 is 0. The van der Waals surface area contributed by atoms with E-state index in [-0.39, 0.29) is 17.7 Å². The minimum atomic E-state index is -0.219. The number of amides is 2. The number of likely N-dealkylation sites (tertiary alicyclic amines) is 2. The van der Waals surface area contributed by atoms with Crippen LogP contribution in [0.2, 0.25) is 5.02 Å². The second-order valence-corrected chi connectivity index (χ2v) is 15.4. The molecule has 3 aromatic heterocycles. The number of carbonyl (C=O) groups excluding carboxylic acids is 2. The number of anilines is 2. The van der Waals surface area contributed by atoms with Gasteiger partial charge in [0.15, 0.2) is 0 Å². The summed E-state index contributed by atoms with van der Waals surface area (Å²) in [5.41, 5.74) is 4.71. The molecule has 0 radical (unpaired) electrons. The highest BCUT2D eigenvalue weighted by molar-refractivity contribution is 6.33. The lowest BCUT2D eigenvalue weighted by molar-refractivity contribution is -0.134. The monoisotopic (exact) mass is 709 g/mol. The van der Waals surface area contributed by atoms with E-state index in [1.54, 1.807) is 12.4 Å². The van der Waals surface area contributed by atoms with Crippen molar-refractivity contribution in [3.05, 3.63) is 65.6 Å². The zero-order valence-electron chi connectivity index (χ0n) is 29.2. The average molecular weight is 710 g/mol. The molecule has 0 spiro atoms. The van der Waals surface area contributed by atoms with E-state index in [0.29, 0.717) is 29.9 Å². The van der Waals surface area contributed by atoms with Crippen molar-refractivity contribution in [1.29, 1.82) is 0 Å². The van der Waals surface area contributed by atoms with Crippen LogP contribution in [0.25, 0.3) is 22.3 Å². The summed E-state index contributed by atoms with van der Waals surface area (Å²) in [7, 11) is 0. The first kappa shape index (κ1) is 34.0. The lowest BCUT2D eigenvalue weighted by atomic mass is 9.90. The molecule has 12 heteroatoms. The summed E-state index contributed by atoms with van der Waals surface area (Å²) in [6.07, 6.45) is 13.8. The van der Waals surface area contributed by atoms with Gasteiger partial charge >= 0.3 is 0 Å². The summed E-state index contributed by atoms with van der Waals surface area (Å²) in [6, 6.07) is 12.7. The molecule has 7 heterocycles. The molecule has 4 aromatic rings. The number of nitrogens with zero attached hydrogens (tertiary/aromatic N) is 6. The molecular weight excluding hydrogens is 662 g/mol. The predicted octanol–water partition coefficient (Wildman–Crippen LogP) is 5.70. The Balaban J connectivity index is 0.736. The normalized spacial score (nSPS) is 22.9. The van der Waals surface area contributed by atoms with Crippen molar-refractivity contribution >= 4 is 46.1 Å². The summed E-state index contributed by atoms with van der Waals surface area (Å²) >= 11 is 6.54. The SMILES string of the molecule is O=C1CCC(c2ccc(N3CCC(CN4CCC(CCN5CC[C@@H](Nc6ncc(Cl)c(-c7c[nH]c8ncccc78)n6)C5)CC4)CC3)cc2)C(=O)N1. The Hall–Kier alpha value is -4.06. The van der Waals surface area contributed by atoms with Crippen LogP contribution in [0.15, 0.2) is 55.0 Å². The number of hydrogen-bond donors (Lipinski definition) is 3. The van der Waals surface area contributed by atoms with Crippen molar-refractivity contribution in [2.45, 2.75) is 63.3 Å². The number of H-pyrrole nitrogens is 1. The summed E-state index contributed by atoms with van der Waals surface area (Å²) in [5, 5.41) is 7.58. The maximum absolute atomic E-state index is 12.3. The fourth-order valence-electron chi connectivity index (χ4n) is 8.60. The number of aromatic nitrogens is 4. The van der Waals surface area contributed by atoms with Gasteiger partial charge in [-0.1, -0.05) is 23.7 Å². The van der Waals surface area contributed by atoms with Crippen molar-refractivity contribution in [2.24, 2.45) is 11.8 Å². The maximum atomic E-state index is 12.3. The Kier molecular flexibility index (Phi) is 10.2. The van der Waals surface area contributed by atoms with Gasteiger partial charge in [0.1, 0.15) is 5.65 Å². The van der Waals surface area contributed by atoms with Crippen molar-refractivity contribution in [3.63, 3.8) is 0 Å². The third-order valence-corrected chi connectivity index (χ3v) is 11.9. The minimum Gasteiger partial charge on any atom is -0.372 e. The fourth-order valence-corrected chi connectivity index (χ4v) is 8.80. The van der Waals surface area contributed by atoms with E-state index in [1.165, 1.54) is 57.4 Å². The molecule has 51 heavy (non-hydrogen) atoms. The van der Waals surface area contributed by atoms with Crippen LogP contribution >= 0.6 is 11.6 Å². The van der Waals surface area contributed by atoms with Gasteiger partial charge in [-0.05, 0) is 106 Å². The highest BCUT2D eigenvalue weighted by atomic mass is 35.5. The maximum Gasteiger partial charge on any atom is 0.234 e. The zero-order valence-corrected chi connectivity index (χ0v) is 30.0. The minimum absolute atomic E-state index is 0.163. The molecule has 4 saturated heterocycles. The first-order valence-electron chi connectivity index (χ1n) is 18.8. The Bertz CT molecular complexity index is 1830. The van der Waals surface area contributed by atoms with Crippen molar-refractivity contribution in [3.8, 4) is 11.3 Å². The van der Waals surface area contributed by atoms with Gasteiger partial charge in [-0.3, -0.25) is 14.9 Å². The molecule has 2 amide bonds. The van der Waals surface area contributed by atoms with E-state index in [1.807, 2.05) is 18.3 Å². The van der Waals surface area contributed by atoms with Gasteiger partial charge in [0.05, 0.1) is 22.8 Å². The van der Waals surface area contributed by atoms with Gasteiger partial charge in [0.2, 0.25) is 17.8 Å². The van der Waals surface area contributed by atoms with Crippen LogP contribution in [-0.4, -0.2) is 99.9 Å². The standard InChI is InChI=1S/C39H48ClN9O2/c40-34-23-43-39(46-36(34)33-22-42-37-32(33)2-1-15-41-37)44-29-14-19-48(25-29)18-11-26-9-16-47(17-10-26)24-27-12-20-49(21-13-27)30-5-3-28(4-6-30)31-7-8-35(50)45-38(31)51/h1-6,15,22-23,26-27,29,31H,7-14,16-21,24-25H2,(H,41,42)(H,43,44,46)(H,45,50,51)/t29-,31?/m1/s1. The summed E-state index contributed by atoms with van der Waals surface area (Å²) in [6.45, 7) is 9.10. The fraction of sp³-hybridized carbons (Fsp3) is 0.513. The number of aromatic amines is 1. The third-order valence-electron chi connectivity index (χ3n) is 11.6. The lowest BCUT2D eigenvalue weighted by Gasteiger charge is -2.38. The zero-order chi connectivity index (χ0) is 34.7. The molecule has 4 aliphatic heterocycles. The quantitative estimate of drug-likeness (QED) is 0.178. The van der Waals surface area contributed by atoms with E-state index < -0.39 is 0 Å². The number of fused-ring (bicyclic) bond motifs is 1. The van der Waals surface area contributed by atoms with E-state index >= 15 is 0 Å². The van der Waals surface area contributed by atoms with E-state index in [2.05, 4.69) is 64.6 Å². The molecule has 8 rings (SSSR count). The molecule has 0 bridgehead atoms. The van der Waals surface area contributed by atoms with Crippen LogP contribution in [0.5, 0.6) is 0 Å². The number of imide groups is 1. The Morgan fingerprint density at radius 2 is 1.67 bits per heavy atom. The van der Waals surface area contributed by atoms with Crippen LogP contribution in [0, 0.1) is 11.8 Å². The van der Waals surface area contributed by atoms with Crippen molar-refractivity contribution < 1.29 is 9.59 Å². The molecule has 2 atom stereocenters. The number of carbonyl (C=O) groups is 2. The number of piperidine rings is 3. The Morgan fingerprint density at radius 1 is 0.882 bits per heavy atom. The van der Waals surface area contributed by atoms with Crippen LogP contribution < -0.4 is 15.5 Å². The number of benzene rings is 1. The molecular formula is C39H48ClN9O2. The highest BCUT2D eigenvalue weighted by Crippen LogP contribution is 2.33. The number of pyridine rings is 1. The van der Waals surface area contributed by atoms with Crippen molar-refractivity contribution in [2.75, 3.05) is 62.6 Å². The van der Waals surface area contributed by atoms with Crippen LogP contribution in [0.3, 0.4) is 0 Å². The van der Waals surface area contributed by atoms with Gasteiger partial charge in [-0.2, -0.15) is 0 Å². The molecule has 1 aromatic carbocycles. The van der Waals surface area contributed by atoms with Crippen LogP contribution in [0.1, 0.15) is 62.8 Å². The molecule has 3 N–H and O–H groups in total.